The Morgan fingerprint density at radius 2 is 2.25 bits per heavy atom. The predicted octanol–water partition coefficient (Wildman–Crippen LogP) is 2.54. The minimum Gasteiger partial charge on any atom is -0.314 e. The second kappa shape index (κ2) is 4.03. The van der Waals surface area contributed by atoms with E-state index in [9.17, 15) is 10.1 Å². The maximum Gasteiger partial charge on any atom is 0.274 e. The molecule has 0 aliphatic heterocycles. The predicted molar refractivity (Wildman–Crippen MR) is 62.8 cm³/mol. The second-order valence-corrected chi connectivity index (χ2v) is 4.61. The van der Waals surface area contributed by atoms with Gasteiger partial charge in [0.15, 0.2) is 0 Å². The van der Waals surface area contributed by atoms with E-state index in [2.05, 4.69) is 5.32 Å². The van der Waals surface area contributed by atoms with Crippen LogP contribution in [0.5, 0.6) is 0 Å². The molecule has 0 spiro atoms. The minimum absolute atomic E-state index is 0.0236. The highest BCUT2D eigenvalue weighted by atomic mass is 35.5. The van der Waals surface area contributed by atoms with Crippen molar-refractivity contribution in [1.29, 1.82) is 0 Å². The summed E-state index contributed by atoms with van der Waals surface area (Å²) < 4.78 is 0. The number of benzene rings is 1. The zero-order valence-electron chi connectivity index (χ0n) is 9.00. The first-order valence-corrected chi connectivity index (χ1v) is 5.56. The highest BCUT2D eigenvalue weighted by Crippen LogP contribution is 2.41. The first kappa shape index (κ1) is 11.4. The molecule has 86 valence electrons. The van der Waals surface area contributed by atoms with Gasteiger partial charge in [0.05, 0.1) is 15.5 Å². The van der Waals surface area contributed by atoms with Crippen LogP contribution in [0.1, 0.15) is 18.4 Å². The van der Waals surface area contributed by atoms with Crippen LogP contribution in [0.3, 0.4) is 0 Å². The Hall–Kier alpha value is -1.13. The van der Waals surface area contributed by atoms with Crippen LogP contribution in [0.4, 0.5) is 5.69 Å². The molecule has 2 rings (SSSR count). The molecule has 0 unspecified atom stereocenters. The van der Waals surface area contributed by atoms with E-state index in [-0.39, 0.29) is 16.1 Å². The molecule has 0 heterocycles. The number of hydrogen-bond acceptors (Lipinski definition) is 3. The van der Waals surface area contributed by atoms with Crippen LogP contribution in [-0.4, -0.2) is 17.5 Å². The van der Waals surface area contributed by atoms with Crippen LogP contribution in [-0.2, 0) is 6.42 Å². The largest absolute Gasteiger partial charge is 0.314 e. The lowest BCUT2D eigenvalue weighted by Crippen LogP contribution is -2.30. The molecule has 1 aromatic carbocycles. The number of nitrogens with zero attached hydrogens (tertiary/aromatic N) is 1. The van der Waals surface area contributed by atoms with E-state index in [1.54, 1.807) is 12.1 Å². The Kier molecular flexibility index (Phi) is 2.86. The van der Waals surface area contributed by atoms with Crippen molar-refractivity contribution in [2.75, 3.05) is 7.05 Å². The molecule has 0 radical (unpaired) electrons. The van der Waals surface area contributed by atoms with Gasteiger partial charge in [0.25, 0.3) is 5.69 Å². The highest BCUT2D eigenvalue weighted by molar-refractivity contribution is 6.31. The molecule has 1 fully saturated rings. The summed E-state index contributed by atoms with van der Waals surface area (Å²) in [4.78, 5) is 10.5. The first-order valence-electron chi connectivity index (χ1n) is 5.19. The molecular formula is C11H13ClN2O2. The van der Waals surface area contributed by atoms with E-state index >= 15 is 0 Å². The van der Waals surface area contributed by atoms with Gasteiger partial charge in [0, 0.05) is 11.6 Å². The highest BCUT2D eigenvalue weighted by Gasteiger charge is 2.42. The topological polar surface area (TPSA) is 55.2 Å². The third kappa shape index (κ3) is 2.03. The molecular weight excluding hydrogens is 228 g/mol. The lowest BCUT2D eigenvalue weighted by Gasteiger charge is -2.14. The number of nitro benzene ring substituents is 1. The molecule has 4 nitrogen and oxygen atoms in total. The smallest absolute Gasteiger partial charge is 0.274 e. The van der Waals surface area contributed by atoms with Crippen molar-refractivity contribution in [2.45, 2.75) is 24.8 Å². The lowest BCUT2D eigenvalue weighted by atomic mass is 10.0. The maximum atomic E-state index is 10.9. The summed E-state index contributed by atoms with van der Waals surface area (Å²) in [5, 5.41) is 14.6. The molecule has 16 heavy (non-hydrogen) atoms. The summed E-state index contributed by atoms with van der Waals surface area (Å²) in [6, 6.07) is 4.82. The van der Waals surface area contributed by atoms with Crippen LogP contribution in [0.25, 0.3) is 0 Å². The van der Waals surface area contributed by atoms with E-state index in [1.165, 1.54) is 6.07 Å². The molecule has 5 heteroatoms. The zero-order chi connectivity index (χ0) is 11.8. The van der Waals surface area contributed by atoms with Gasteiger partial charge in [-0.05, 0) is 32.4 Å². The molecule has 0 aromatic heterocycles. The normalized spacial score (nSPS) is 17.1. The number of rotatable bonds is 4. The fourth-order valence-electron chi connectivity index (χ4n) is 1.90. The van der Waals surface area contributed by atoms with Crippen molar-refractivity contribution in [3.05, 3.63) is 38.9 Å². The SMILES string of the molecule is CNC1(Cc2c(Cl)cccc2[N+](=O)[O-])CC1. The van der Waals surface area contributed by atoms with Crippen molar-refractivity contribution in [1.82, 2.24) is 5.32 Å². The molecule has 0 amide bonds. The van der Waals surface area contributed by atoms with Gasteiger partial charge in [-0.1, -0.05) is 17.7 Å². The van der Waals surface area contributed by atoms with Gasteiger partial charge < -0.3 is 5.32 Å². The Labute approximate surface area is 98.8 Å². The monoisotopic (exact) mass is 240 g/mol. The maximum absolute atomic E-state index is 10.9. The fraction of sp³-hybridized carbons (Fsp3) is 0.455. The number of likely N-dealkylation sites (N-methyl/N-ethyl adjacent to an activating group) is 1. The van der Waals surface area contributed by atoms with Crippen molar-refractivity contribution in [3.8, 4) is 0 Å². The Morgan fingerprint density at radius 3 is 2.75 bits per heavy atom. The van der Waals surface area contributed by atoms with Gasteiger partial charge in [0.1, 0.15) is 0 Å². The van der Waals surface area contributed by atoms with E-state index < -0.39 is 0 Å². The van der Waals surface area contributed by atoms with Crippen molar-refractivity contribution >= 4 is 17.3 Å². The standard InChI is InChI=1S/C11H13ClN2O2/c1-13-11(5-6-11)7-8-9(12)3-2-4-10(8)14(15)16/h2-4,13H,5-7H2,1H3. The Morgan fingerprint density at radius 1 is 1.56 bits per heavy atom. The summed E-state index contributed by atoms with van der Waals surface area (Å²) >= 11 is 6.03. The summed E-state index contributed by atoms with van der Waals surface area (Å²) in [6.07, 6.45) is 2.72. The molecule has 1 aliphatic rings. The van der Waals surface area contributed by atoms with E-state index in [0.717, 1.165) is 12.8 Å². The molecule has 1 N–H and O–H groups in total. The van der Waals surface area contributed by atoms with Crippen LogP contribution >= 0.6 is 11.6 Å². The number of nitrogens with one attached hydrogen (secondary N) is 1. The molecule has 1 saturated carbocycles. The summed E-state index contributed by atoms with van der Waals surface area (Å²) in [5.41, 5.74) is 0.783. The van der Waals surface area contributed by atoms with Crippen molar-refractivity contribution in [3.63, 3.8) is 0 Å². The van der Waals surface area contributed by atoms with Crippen LogP contribution in [0.15, 0.2) is 18.2 Å². The fourth-order valence-corrected chi connectivity index (χ4v) is 2.13. The lowest BCUT2D eigenvalue weighted by molar-refractivity contribution is -0.385. The van der Waals surface area contributed by atoms with E-state index in [4.69, 9.17) is 11.6 Å². The summed E-state index contributed by atoms with van der Waals surface area (Å²) in [5.74, 6) is 0. The quantitative estimate of drug-likeness (QED) is 0.650. The van der Waals surface area contributed by atoms with Gasteiger partial charge >= 0.3 is 0 Å². The zero-order valence-corrected chi connectivity index (χ0v) is 9.75. The number of hydrogen-bond donors (Lipinski definition) is 1. The number of halogens is 1. The van der Waals surface area contributed by atoms with Gasteiger partial charge in [0.2, 0.25) is 0 Å². The van der Waals surface area contributed by atoms with Crippen molar-refractivity contribution < 1.29 is 4.92 Å². The number of nitro groups is 1. The molecule has 0 atom stereocenters. The van der Waals surface area contributed by atoms with Gasteiger partial charge in [-0.3, -0.25) is 10.1 Å². The summed E-state index contributed by atoms with van der Waals surface area (Å²) in [7, 11) is 1.88. The molecule has 0 saturated heterocycles. The van der Waals surface area contributed by atoms with Gasteiger partial charge in [-0.25, -0.2) is 0 Å². The average molecular weight is 241 g/mol. The van der Waals surface area contributed by atoms with E-state index in [1.807, 2.05) is 7.05 Å². The third-order valence-electron chi connectivity index (χ3n) is 3.19. The van der Waals surface area contributed by atoms with E-state index in [0.29, 0.717) is 17.0 Å². The van der Waals surface area contributed by atoms with Crippen LogP contribution in [0, 0.1) is 10.1 Å². The average Bonchev–Trinajstić information content (AvgIpc) is 3.01. The molecule has 0 bridgehead atoms. The van der Waals surface area contributed by atoms with Crippen LogP contribution < -0.4 is 5.32 Å². The Balaban J connectivity index is 2.35. The molecule has 1 aliphatic carbocycles. The first-order chi connectivity index (χ1) is 7.58. The van der Waals surface area contributed by atoms with Crippen LogP contribution in [0.2, 0.25) is 5.02 Å². The van der Waals surface area contributed by atoms with Gasteiger partial charge in [-0.15, -0.1) is 0 Å². The van der Waals surface area contributed by atoms with Crippen molar-refractivity contribution in [2.24, 2.45) is 0 Å². The third-order valence-corrected chi connectivity index (χ3v) is 3.54. The summed E-state index contributed by atoms with van der Waals surface area (Å²) in [6.45, 7) is 0. The minimum atomic E-state index is -0.368. The Bertz CT molecular complexity index is 430. The molecule has 1 aromatic rings. The second-order valence-electron chi connectivity index (χ2n) is 4.20. The van der Waals surface area contributed by atoms with Gasteiger partial charge in [-0.2, -0.15) is 0 Å².